The average molecular weight is 549 g/mol. The van der Waals surface area contributed by atoms with Crippen molar-refractivity contribution in [2.24, 2.45) is 4.99 Å². The lowest BCUT2D eigenvalue weighted by Crippen LogP contribution is -2.39. The number of nitrogens with zero attached hydrogens (tertiary/aromatic N) is 2. The number of aryl methyl sites for hydroxylation is 1. The van der Waals surface area contributed by atoms with Gasteiger partial charge in [-0.3, -0.25) is 9.36 Å². The maximum atomic E-state index is 13.8. The maximum absolute atomic E-state index is 13.8. The van der Waals surface area contributed by atoms with Gasteiger partial charge in [0.25, 0.3) is 5.56 Å². The quantitative estimate of drug-likeness (QED) is 0.316. The monoisotopic (exact) mass is 548 g/mol. The van der Waals surface area contributed by atoms with E-state index in [1.807, 2.05) is 55.5 Å². The molecule has 0 unspecified atom stereocenters. The fourth-order valence-electron chi connectivity index (χ4n) is 4.45. The summed E-state index contributed by atoms with van der Waals surface area (Å²) in [5.74, 6) is 1.21. The Hall–Kier alpha value is -3.88. The second-order valence-corrected chi connectivity index (χ2v) is 10.2. The van der Waals surface area contributed by atoms with E-state index in [0.29, 0.717) is 48.5 Å². The summed E-state index contributed by atoms with van der Waals surface area (Å²) in [4.78, 5) is 31.9. The predicted octanol–water partition coefficient (Wildman–Crippen LogP) is 5.03. The van der Waals surface area contributed by atoms with E-state index in [0.717, 1.165) is 11.1 Å². The molecule has 1 atom stereocenters. The first-order chi connectivity index (χ1) is 18.3. The van der Waals surface area contributed by atoms with Crippen LogP contribution >= 0.6 is 22.9 Å². The summed E-state index contributed by atoms with van der Waals surface area (Å²) in [5, 5.41) is 0.580. The van der Waals surface area contributed by atoms with Crippen LogP contribution in [0.3, 0.4) is 0 Å². The van der Waals surface area contributed by atoms with Gasteiger partial charge in [-0.25, -0.2) is 9.79 Å². The van der Waals surface area contributed by atoms with Gasteiger partial charge in [0.1, 0.15) is 17.3 Å². The van der Waals surface area contributed by atoms with Crippen LogP contribution in [0.25, 0.3) is 17.4 Å². The number of halogens is 1. The summed E-state index contributed by atoms with van der Waals surface area (Å²) in [7, 11) is 1.57. The zero-order valence-electron chi connectivity index (χ0n) is 21.3. The molecule has 7 nitrogen and oxygen atoms in total. The Kier molecular flexibility index (Phi) is 7.10. The van der Waals surface area contributed by atoms with Gasteiger partial charge < -0.3 is 13.9 Å². The first-order valence-electron chi connectivity index (χ1n) is 12.0. The van der Waals surface area contributed by atoms with Crippen LogP contribution in [0.1, 0.15) is 36.8 Å². The highest BCUT2D eigenvalue weighted by Gasteiger charge is 2.33. The number of carbonyl (C=O) groups is 1. The SMILES string of the molecule is CCOC(=O)C1=C(C)N=c2s/c(=C\c3ccc(-c4cc(C)ccc4Cl)o3)c(=O)n2[C@@H]1c1cccc(OC)c1. The second-order valence-electron chi connectivity index (χ2n) is 8.76. The van der Waals surface area contributed by atoms with Crippen molar-refractivity contribution in [1.29, 1.82) is 0 Å². The second kappa shape index (κ2) is 10.5. The summed E-state index contributed by atoms with van der Waals surface area (Å²) in [6.07, 6.45) is 1.68. The molecule has 194 valence electrons. The van der Waals surface area contributed by atoms with Gasteiger partial charge in [0.2, 0.25) is 0 Å². The van der Waals surface area contributed by atoms with E-state index in [1.54, 1.807) is 33.1 Å². The van der Waals surface area contributed by atoms with Gasteiger partial charge in [-0.1, -0.05) is 46.7 Å². The van der Waals surface area contributed by atoms with Crippen LogP contribution in [0.4, 0.5) is 0 Å². The Morgan fingerprint density at radius 1 is 1.18 bits per heavy atom. The zero-order chi connectivity index (χ0) is 27.0. The van der Waals surface area contributed by atoms with Crippen LogP contribution < -0.4 is 19.6 Å². The van der Waals surface area contributed by atoms with Crippen molar-refractivity contribution in [3.05, 3.63) is 107 Å². The van der Waals surface area contributed by atoms with Crippen molar-refractivity contribution in [2.75, 3.05) is 13.7 Å². The molecule has 0 radical (unpaired) electrons. The van der Waals surface area contributed by atoms with Gasteiger partial charge in [-0.05, 0) is 62.7 Å². The van der Waals surface area contributed by atoms with Crippen molar-refractivity contribution in [1.82, 2.24) is 4.57 Å². The van der Waals surface area contributed by atoms with Crippen LogP contribution in [0.2, 0.25) is 5.02 Å². The number of benzene rings is 2. The minimum atomic E-state index is -0.721. The van der Waals surface area contributed by atoms with E-state index in [9.17, 15) is 9.59 Å². The Balaban J connectivity index is 1.65. The van der Waals surface area contributed by atoms with Gasteiger partial charge in [0, 0.05) is 11.6 Å². The highest BCUT2D eigenvalue weighted by atomic mass is 35.5. The van der Waals surface area contributed by atoms with Crippen molar-refractivity contribution in [2.45, 2.75) is 26.8 Å². The molecular weight excluding hydrogens is 524 g/mol. The number of methoxy groups -OCH3 is 1. The smallest absolute Gasteiger partial charge is 0.338 e. The predicted molar refractivity (Wildman–Crippen MR) is 147 cm³/mol. The molecular formula is C29H25ClN2O5S. The normalized spacial score (nSPS) is 15.3. The lowest BCUT2D eigenvalue weighted by Gasteiger charge is -2.24. The zero-order valence-corrected chi connectivity index (χ0v) is 22.9. The molecule has 3 heterocycles. The summed E-state index contributed by atoms with van der Waals surface area (Å²) in [6.45, 7) is 5.68. The average Bonchev–Trinajstić information content (AvgIpc) is 3.49. The molecule has 1 aliphatic heterocycles. The van der Waals surface area contributed by atoms with Crippen LogP contribution in [0, 0.1) is 6.92 Å². The number of aromatic nitrogens is 1. The third-order valence-electron chi connectivity index (χ3n) is 6.21. The number of fused-ring (bicyclic) bond motifs is 1. The van der Waals surface area contributed by atoms with Gasteiger partial charge in [0.15, 0.2) is 4.80 Å². The third-order valence-corrected chi connectivity index (χ3v) is 7.53. The van der Waals surface area contributed by atoms with Gasteiger partial charge >= 0.3 is 5.97 Å². The van der Waals surface area contributed by atoms with Crippen molar-refractivity contribution >= 4 is 35.0 Å². The van der Waals surface area contributed by atoms with Crippen LogP contribution in [-0.2, 0) is 9.53 Å². The largest absolute Gasteiger partial charge is 0.497 e. The van der Waals surface area contributed by atoms with Crippen LogP contribution in [0.15, 0.2) is 80.1 Å². The van der Waals surface area contributed by atoms with E-state index >= 15 is 0 Å². The van der Waals surface area contributed by atoms with Gasteiger partial charge in [-0.2, -0.15) is 0 Å². The Bertz CT molecular complexity index is 1760. The van der Waals surface area contributed by atoms with E-state index in [2.05, 4.69) is 4.99 Å². The number of ether oxygens (including phenoxy) is 2. The van der Waals surface area contributed by atoms with Crippen molar-refractivity contribution in [3.8, 4) is 17.1 Å². The fourth-order valence-corrected chi connectivity index (χ4v) is 5.69. The first-order valence-corrected chi connectivity index (χ1v) is 13.2. The summed E-state index contributed by atoms with van der Waals surface area (Å²) in [6, 6.07) is 15.9. The van der Waals surface area contributed by atoms with Gasteiger partial charge in [0.05, 0.1) is 40.6 Å². The number of allylic oxidation sites excluding steroid dienone is 1. The maximum Gasteiger partial charge on any atom is 0.338 e. The van der Waals surface area contributed by atoms with Crippen LogP contribution in [-0.4, -0.2) is 24.3 Å². The molecule has 2 aromatic carbocycles. The Morgan fingerprint density at radius 3 is 2.76 bits per heavy atom. The van der Waals surface area contributed by atoms with E-state index in [1.165, 1.54) is 15.9 Å². The lowest BCUT2D eigenvalue weighted by molar-refractivity contribution is -0.139. The summed E-state index contributed by atoms with van der Waals surface area (Å²) >= 11 is 7.61. The third kappa shape index (κ3) is 4.73. The number of thiazole rings is 1. The number of furan rings is 1. The standard InChI is InChI=1S/C29H25ClN2O5S/c1-5-36-28(34)25-17(3)31-29-32(26(25)18-7-6-8-19(14-18)35-4)27(33)24(38-29)15-20-10-12-23(37-20)21-13-16(2)9-11-22(21)30/h6-15,26H,5H2,1-4H3/b24-15-/t26-/m1/s1. The molecule has 0 bridgehead atoms. The topological polar surface area (TPSA) is 83.0 Å². The fraction of sp³-hybridized carbons (Fsp3) is 0.207. The summed E-state index contributed by atoms with van der Waals surface area (Å²) in [5.41, 5.74) is 3.07. The molecule has 0 aliphatic carbocycles. The van der Waals surface area contributed by atoms with Gasteiger partial charge in [-0.15, -0.1) is 0 Å². The minimum Gasteiger partial charge on any atom is -0.497 e. The van der Waals surface area contributed by atoms with E-state index in [4.69, 9.17) is 25.5 Å². The molecule has 4 aromatic rings. The number of esters is 1. The van der Waals surface area contributed by atoms with Crippen molar-refractivity contribution < 1.29 is 18.7 Å². The molecule has 5 rings (SSSR count). The lowest BCUT2D eigenvalue weighted by atomic mass is 9.95. The van der Waals surface area contributed by atoms with E-state index < -0.39 is 12.0 Å². The highest BCUT2D eigenvalue weighted by Crippen LogP contribution is 2.33. The number of hydrogen-bond donors (Lipinski definition) is 0. The van der Waals surface area contributed by atoms with E-state index in [-0.39, 0.29) is 12.2 Å². The first kappa shape index (κ1) is 25.8. The highest BCUT2D eigenvalue weighted by molar-refractivity contribution is 7.07. The molecule has 9 heteroatoms. The molecule has 38 heavy (non-hydrogen) atoms. The molecule has 0 amide bonds. The molecule has 0 saturated heterocycles. The Labute approximate surface area is 227 Å². The molecule has 0 saturated carbocycles. The van der Waals surface area contributed by atoms with Crippen molar-refractivity contribution in [3.63, 3.8) is 0 Å². The molecule has 1 aliphatic rings. The Morgan fingerprint density at radius 2 is 2.00 bits per heavy atom. The number of carbonyl (C=O) groups excluding carboxylic acids is 1. The molecule has 0 spiro atoms. The molecule has 0 N–H and O–H groups in total. The number of rotatable bonds is 6. The molecule has 2 aromatic heterocycles. The molecule has 0 fully saturated rings. The summed E-state index contributed by atoms with van der Waals surface area (Å²) < 4.78 is 18.7. The number of hydrogen-bond acceptors (Lipinski definition) is 7. The van der Waals surface area contributed by atoms with Crippen LogP contribution in [0.5, 0.6) is 5.75 Å². The minimum absolute atomic E-state index is 0.205.